The lowest BCUT2D eigenvalue weighted by Gasteiger charge is -2.20. The summed E-state index contributed by atoms with van der Waals surface area (Å²) in [6, 6.07) is 2.04. The zero-order valence-corrected chi connectivity index (χ0v) is 12.9. The lowest BCUT2D eigenvalue weighted by Crippen LogP contribution is -2.16. The van der Waals surface area contributed by atoms with E-state index in [1.54, 1.807) is 4.80 Å². The number of tetrazole rings is 1. The fourth-order valence-corrected chi connectivity index (χ4v) is 3.12. The zero-order chi connectivity index (χ0) is 14.7. The molecule has 2 aromatic heterocycles. The highest BCUT2D eigenvalue weighted by Gasteiger charge is 2.17. The van der Waals surface area contributed by atoms with Gasteiger partial charge in [-0.1, -0.05) is 33.1 Å². The number of pyridine rings is 1. The molecule has 0 amide bonds. The van der Waals surface area contributed by atoms with E-state index < -0.39 is 0 Å². The highest BCUT2D eigenvalue weighted by Crippen LogP contribution is 2.26. The number of hydrogen-bond acceptors (Lipinski definition) is 4. The standard InChI is InChI=1S/C16H23N5/c1-12(2)14-8-9-17-10-15(14)16-18-20-21(19-16)11-13-6-4-3-5-7-13/h8-10,12-13H,3-7,11H2,1-2H3. The van der Waals surface area contributed by atoms with Crippen LogP contribution in [0.4, 0.5) is 0 Å². The minimum atomic E-state index is 0.424. The third-order valence-corrected chi connectivity index (χ3v) is 4.32. The van der Waals surface area contributed by atoms with Gasteiger partial charge in [-0.05, 0) is 41.5 Å². The predicted octanol–water partition coefficient (Wildman–Crippen LogP) is 3.44. The Bertz CT molecular complexity index is 584. The second-order valence-electron chi connectivity index (χ2n) is 6.29. The lowest BCUT2D eigenvalue weighted by molar-refractivity contribution is 0.291. The van der Waals surface area contributed by atoms with Gasteiger partial charge in [-0.15, -0.1) is 10.2 Å². The molecule has 0 N–H and O–H groups in total. The van der Waals surface area contributed by atoms with Crippen molar-refractivity contribution < 1.29 is 0 Å². The van der Waals surface area contributed by atoms with Crippen LogP contribution < -0.4 is 0 Å². The molecule has 0 atom stereocenters. The van der Waals surface area contributed by atoms with E-state index in [1.165, 1.54) is 37.7 Å². The van der Waals surface area contributed by atoms with Gasteiger partial charge in [-0.3, -0.25) is 4.98 Å². The fraction of sp³-hybridized carbons (Fsp3) is 0.625. The van der Waals surface area contributed by atoms with Crippen molar-refractivity contribution in [2.75, 3.05) is 0 Å². The van der Waals surface area contributed by atoms with Gasteiger partial charge in [-0.2, -0.15) is 4.80 Å². The van der Waals surface area contributed by atoms with Crippen molar-refractivity contribution in [3.63, 3.8) is 0 Å². The summed E-state index contributed by atoms with van der Waals surface area (Å²) < 4.78 is 0. The van der Waals surface area contributed by atoms with Crippen LogP contribution in [-0.4, -0.2) is 25.2 Å². The molecule has 112 valence electrons. The van der Waals surface area contributed by atoms with Gasteiger partial charge >= 0.3 is 0 Å². The highest BCUT2D eigenvalue weighted by molar-refractivity contribution is 5.58. The molecule has 2 heterocycles. The number of aromatic nitrogens is 5. The monoisotopic (exact) mass is 285 g/mol. The summed E-state index contributed by atoms with van der Waals surface area (Å²) in [5.41, 5.74) is 2.23. The molecule has 3 rings (SSSR count). The summed E-state index contributed by atoms with van der Waals surface area (Å²) >= 11 is 0. The minimum absolute atomic E-state index is 0.424. The van der Waals surface area contributed by atoms with Gasteiger partial charge in [0.25, 0.3) is 0 Å². The van der Waals surface area contributed by atoms with E-state index in [0.717, 1.165) is 12.1 Å². The summed E-state index contributed by atoms with van der Waals surface area (Å²) in [6.45, 7) is 5.24. The summed E-state index contributed by atoms with van der Waals surface area (Å²) in [6.07, 6.45) is 10.3. The Balaban J connectivity index is 1.78. The van der Waals surface area contributed by atoms with Crippen molar-refractivity contribution in [2.24, 2.45) is 5.92 Å². The second-order valence-corrected chi connectivity index (χ2v) is 6.29. The first-order valence-corrected chi connectivity index (χ1v) is 7.96. The van der Waals surface area contributed by atoms with Crippen LogP contribution in [0.2, 0.25) is 0 Å². The highest BCUT2D eigenvalue weighted by atomic mass is 15.6. The molecule has 0 aromatic carbocycles. The van der Waals surface area contributed by atoms with Gasteiger partial charge in [0.2, 0.25) is 5.82 Å². The van der Waals surface area contributed by atoms with E-state index in [0.29, 0.717) is 17.7 Å². The topological polar surface area (TPSA) is 56.5 Å². The molecule has 0 bridgehead atoms. The Labute approximate surface area is 125 Å². The molecule has 0 aliphatic heterocycles. The molecule has 0 saturated heterocycles. The van der Waals surface area contributed by atoms with E-state index in [4.69, 9.17) is 0 Å². The Morgan fingerprint density at radius 1 is 1.24 bits per heavy atom. The summed E-state index contributed by atoms with van der Waals surface area (Å²) in [5.74, 6) is 1.83. The van der Waals surface area contributed by atoms with Crippen LogP contribution in [0.15, 0.2) is 18.5 Å². The van der Waals surface area contributed by atoms with Gasteiger partial charge in [0.1, 0.15) is 0 Å². The van der Waals surface area contributed by atoms with Crippen molar-refractivity contribution in [1.29, 1.82) is 0 Å². The minimum Gasteiger partial charge on any atom is -0.264 e. The van der Waals surface area contributed by atoms with Crippen LogP contribution in [0.1, 0.15) is 57.4 Å². The van der Waals surface area contributed by atoms with Crippen LogP contribution in [0.25, 0.3) is 11.4 Å². The van der Waals surface area contributed by atoms with Gasteiger partial charge in [0, 0.05) is 18.0 Å². The van der Waals surface area contributed by atoms with Crippen LogP contribution in [0, 0.1) is 5.92 Å². The molecule has 1 saturated carbocycles. The van der Waals surface area contributed by atoms with E-state index in [9.17, 15) is 0 Å². The summed E-state index contributed by atoms with van der Waals surface area (Å²) in [4.78, 5) is 5.98. The maximum absolute atomic E-state index is 4.57. The molecule has 0 unspecified atom stereocenters. The van der Waals surface area contributed by atoms with E-state index in [1.807, 2.05) is 18.5 Å². The van der Waals surface area contributed by atoms with E-state index in [2.05, 4.69) is 34.2 Å². The van der Waals surface area contributed by atoms with E-state index >= 15 is 0 Å². The summed E-state index contributed by atoms with van der Waals surface area (Å²) in [5, 5.41) is 13.0. The van der Waals surface area contributed by atoms with Crippen molar-refractivity contribution in [1.82, 2.24) is 25.2 Å². The average molecular weight is 285 g/mol. The molecule has 5 nitrogen and oxygen atoms in total. The molecular formula is C16H23N5. The SMILES string of the molecule is CC(C)c1ccncc1-c1nnn(CC2CCCCC2)n1. The Kier molecular flexibility index (Phi) is 4.27. The van der Waals surface area contributed by atoms with Gasteiger partial charge in [0.05, 0.1) is 6.54 Å². The van der Waals surface area contributed by atoms with Gasteiger partial charge < -0.3 is 0 Å². The molecule has 0 spiro atoms. The maximum Gasteiger partial charge on any atom is 0.206 e. The molecule has 1 aliphatic rings. The fourth-order valence-electron chi connectivity index (χ4n) is 3.12. The van der Waals surface area contributed by atoms with Crippen molar-refractivity contribution >= 4 is 0 Å². The smallest absolute Gasteiger partial charge is 0.206 e. The quantitative estimate of drug-likeness (QED) is 0.863. The molecule has 0 radical (unpaired) electrons. The Morgan fingerprint density at radius 3 is 2.81 bits per heavy atom. The third-order valence-electron chi connectivity index (χ3n) is 4.32. The average Bonchev–Trinajstić information content (AvgIpc) is 2.96. The van der Waals surface area contributed by atoms with Crippen LogP contribution in [-0.2, 0) is 6.54 Å². The molecule has 21 heavy (non-hydrogen) atoms. The number of hydrogen-bond donors (Lipinski definition) is 0. The van der Waals surface area contributed by atoms with Crippen LogP contribution in [0.5, 0.6) is 0 Å². The van der Waals surface area contributed by atoms with Crippen molar-refractivity contribution in [3.8, 4) is 11.4 Å². The number of nitrogens with zero attached hydrogens (tertiary/aromatic N) is 5. The largest absolute Gasteiger partial charge is 0.264 e. The van der Waals surface area contributed by atoms with Crippen LogP contribution in [0.3, 0.4) is 0 Å². The molecule has 1 fully saturated rings. The second kappa shape index (κ2) is 6.33. The third kappa shape index (κ3) is 3.28. The Hall–Kier alpha value is -1.78. The van der Waals surface area contributed by atoms with Gasteiger partial charge in [0.15, 0.2) is 0 Å². The molecule has 1 aliphatic carbocycles. The molecule has 5 heteroatoms. The van der Waals surface area contributed by atoms with Gasteiger partial charge in [-0.25, -0.2) is 0 Å². The first-order valence-electron chi connectivity index (χ1n) is 7.96. The van der Waals surface area contributed by atoms with Crippen molar-refractivity contribution in [3.05, 3.63) is 24.0 Å². The lowest BCUT2D eigenvalue weighted by atomic mass is 9.89. The van der Waals surface area contributed by atoms with Crippen molar-refractivity contribution in [2.45, 2.75) is 58.4 Å². The first kappa shape index (κ1) is 14.2. The Morgan fingerprint density at radius 2 is 2.05 bits per heavy atom. The predicted molar refractivity (Wildman–Crippen MR) is 81.7 cm³/mol. The summed E-state index contributed by atoms with van der Waals surface area (Å²) in [7, 11) is 0. The first-order chi connectivity index (χ1) is 10.2. The molecule has 2 aromatic rings. The number of rotatable bonds is 4. The zero-order valence-electron chi connectivity index (χ0n) is 12.9. The van der Waals surface area contributed by atoms with Crippen LogP contribution >= 0.6 is 0 Å². The normalized spacial score (nSPS) is 16.5. The maximum atomic E-state index is 4.57. The van der Waals surface area contributed by atoms with E-state index in [-0.39, 0.29) is 0 Å². The molecular weight excluding hydrogens is 262 g/mol.